The molecule has 0 atom stereocenters. The smallest absolute Gasteiger partial charge is 0.262 e. The first kappa shape index (κ1) is 16.4. The second-order valence-electron chi connectivity index (χ2n) is 6.01. The van der Waals surface area contributed by atoms with E-state index >= 15 is 0 Å². The van der Waals surface area contributed by atoms with Crippen LogP contribution in [0, 0.1) is 27.7 Å². The third-order valence-corrected chi connectivity index (χ3v) is 5.25. The van der Waals surface area contributed by atoms with Crippen molar-refractivity contribution in [1.82, 2.24) is 9.55 Å². The monoisotopic (exact) mass is 341 g/mol. The zero-order chi connectivity index (χ0) is 17.4. The van der Waals surface area contributed by atoms with Crippen LogP contribution in [0.15, 0.2) is 29.3 Å². The second-order valence-corrected chi connectivity index (χ2v) is 7.21. The summed E-state index contributed by atoms with van der Waals surface area (Å²) < 4.78 is 1.36. The van der Waals surface area contributed by atoms with E-state index in [4.69, 9.17) is 0 Å². The zero-order valence-electron chi connectivity index (χ0n) is 14.1. The third kappa shape index (κ3) is 2.97. The van der Waals surface area contributed by atoms with Crippen molar-refractivity contribution in [2.24, 2.45) is 0 Å². The van der Waals surface area contributed by atoms with Gasteiger partial charge < -0.3 is 5.32 Å². The lowest BCUT2D eigenvalue weighted by Gasteiger charge is -2.10. The molecule has 0 aliphatic heterocycles. The number of thiophene rings is 1. The number of aryl methyl sites for hydroxylation is 4. The number of fused-ring (bicyclic) bond motifs is 1. The van der Waals surface area contributed by atoms with E-state index in [1.54, 1.807) is 0 Å². The van der Waals surface area contributed by atoms with E-state index in [0.717, 1.165) is 32.1 Å². The average molecular weight is 341 g/mol. The Morgan fingerprint density at radius 2 is 2.00 bits per heavy atom. The van der Waals surface area contributed by atoms with Gasteiger partial charge in [-0.2, -0.15) is 0 Å². The van der Waals surface area contributed by atoms with Gasteiger partial charge in [-0.15, -0.1) is 11.3 Å². The number of hydrogen-bond acceptors (Lipinski definition) is 4. The van der Waals surface area contributed by atoms with Crippen LogP contribution in [0.5, 0.6) is 0 Å². The molecule has 1 N–H and O–H groups in total. The summed E-state index contributed by atoms with van der Waals surface area (Å²) >= 11 is 1.50. The van der Waals surface area contributed by atoms with Crippen molar-refractivity contribution in [2.45, 2.75) is 34.2 Å². The van der Waals surface area contributed by atoms with Crippen molar-refractivity contribution in [3.8, 4) is 0 Å². The number of aromatic nitrogens is 2. The van der Waals surface area contributed by atoms with Gasteiger partial charge in [-0.3, -0.25) is 14.2 Å². The summed E-state index contributed by atoms with van der Waals surface area (Å²) in [6, 6.07) is 5.88. The third-order valence-electron chi connectivity index (χ3n) is 4.14. The van der Waals surface area contributed by atoms with Crippen LogP contribution in [0.4, 0.5) is 5.69 Å². The second kappa shape index (κ2) is 6.20. The molecule has 0 radical (unpaired) electrons. The zero-order valence-corrected chi connectivity index (χ0v) is 15.0. The number of carbonyl (C=O) groups excluding carboxylic acids is 1. The molecule has 0 saturated heterocycles. The predicted molar refractivity (Wildman–Crippen MR) is 97.9 cm³/mol. The van der Waals surface area contributed by atoms with Crippen LogP contribution in [0.2, 0.25) is 0 Å². The summed E-state index contributed by atoms with van der Waals surface area (Å²) in [6.07, 6.45) is 1.45. The van der Waals surface area contributed by atoms with Gasteiger partial charge in [0.25, 0.3) is 5.56 Å². The van der Waals surface area contributed by atoms with E-state index < -0.39 is 0 Å². The minimum atomic E-state index is -0.239. The molecular formula is C18H19N3O2S. The fourth-order valence-electron chi connectivity index (χ4n) is 2.60. The number of nitrogens with zero attached hydrogens (tertiary/aromatic N) is 2. The first-order valence-corrected chi connectivity index (χ1v) is 8.50. The highest BCUT2D eigenvalue weighted by Crippen LogP contribution is 2.25. The summed E-state index contributed by atoms with van der Waals surface area (Å²) in [6.45, 7) is 7.74. The number of hydrogen-bond donors (Lipinski definition) is 1. The molecular weight excluding hydrogens is 322 g/mol. The molecule has 1 aromatic carbocycles. The lowest BCUT2D eigenvalue weighted by Crippen LogP contribution is -2.28. The molecule has 1 amide bonds. The highest BCUT2D eigenvalue weighted by Gasteiger charge is 2.14. The molecule has 0 fully saturated rings. The number of carbonyl (C=O) groups is 1. The maximum atomic E-state index is 12.6. The van der Waals surface area contributed by atoms with Crippen molar-refractivity contribution >= 4 is 33.1 Å². The largest absolute Gasteiger partial charge is 0.324 e. The van der Waals surface area contributed by atoms with Crippen LogP contribution in [0.3, 0.4) is 0 Å². The topological polar surface area (TPSA) is 64.0 Å². The molecule has 6 heteroatoms. The molecule has 124 valence electrons. The summed E-state index contributed by atoms with van der Waals surface area (Å²) in [5.41, 5.74) is 3.60. The van der Waals surface area contributed by atoms with Crippen LogP contribution in [0.1, 0.15) is 21.6 Å². The lowest BCUT2D eigenvalue weighted by molar-refractivity contribution is -0.116. The highest BCUT2D eigenvalue weighted by molar-refractivity contribution is 7.18. The lowest BCUT2D eigenvalue weighted by atomic mass is 10.1. The summed E-state index contributed by atoms with van der Waals surface area (Å²) in [5, 5.41) is 3.48. The molecule has 24 heavy (non-hydrogen) atoms. The normalized spacial score (nSPS) is 11.0. The number of anilines is 1. The summed E-state index contributed by atoms with van der Waals surface area (Å²) in [7, 11) is 0. The van der Waals surface area contributed by atoms with Crippen LogP contribution >= 0.6 is 11.3 Å². The van der Waals surface area contributed by atoms with Gasteiger partial charge in [-0.1, -0.05) is 12.1 Å². The maximum absolute atomic E-state index is 12.6. The Labute approximate surface area is 144 Å². The summed E-state index contributed by atoms with van der Waals surface area (Å²) in [4.78, 5) is 31.1. The van der Waals surface area contributed by atoms with Crippen molar-refractivity contribution in [3.63, 3.8) is 0 Å². The van der Waals surface area contributed by atoms with Gasteiger partial charge in [0.05, 0.1) is 11.7 Å². The van der Waals surface area contributed by atoms with Gasteiger partial charge in [0.2, 0.25) is 5.91 Å². The highest BCUT2D eigenvalue weighted by atomic mass is 32.1. The van der Waals surface area contributed by atoms with E-state index in [0.29, 0.717) is 5.39 Å². The van der Waals surface area contributed by atoms with Gasteiger partial charge in [-0.25, -0.2) is 4.98 Å². The van der Waals surface area contributed by atoms with Gasteiger partial charge in [0, 0.05) is 10.6 Å². The predicted octanol–water partition coefficient (Wildman–Crippen LogP) is 3.33. The number of nitrogens with one attached hydrogen (secondary N) is 1. The van der Waals surface area contributed by atoms with Crippen LogP contribution in [0.25, 0.3) is 10.2 Å². The van der Waals surface area contributed by atoms with Crippen molar-refractivity contribution in [1.29, 1.82) is 0 Å². The molecule has 0 aliphatic carbocycles. The Balaban J connectivity index is 1.88. The molecule has 2 aromatic heterocycles. The molecule has 5 nitrogen and oxygen atoms in total. The number of benzene rings is 1. The molecule has 0 unspecified atom stereocenters. The van der Waals surface area contributed by atoms with E-state index in [2.05, 4.69) is 10.3 Å². The Kier molecular flexibility index (Phi) is 4.24. The van der Waals surface area contributed by atoms with E-state index in [-0.39, 0.29) is 18.0 Å². The Bertz CT molecular complexity index is 1000. The fourth-order valence-corrected chi connectivity index (χ4v) is 3.59. The Hall–Kier alpha value is -2.47. The van der Waals surface area contributed by atoms with Crippen molar-refractivity contribution < 1.29 is 4.79 Å². The maximum Gasteiger partial charge on any atom is 0.262 e. The van der Waals surface area contributed by atoms with Gasteiger partial charge in [0.15, 0.2) is 0 Å². The Morgan fingerprint density at radius 3 is 2.75 bits per heavy atom. The van der Waals surface area contributed by atoms with E-state index in [1.165, 1.54) is 22.2 Å². The molecule has 0 bridgehead atoms. The van der Waals surface area contributed by atoms with Crippen LogP contribution < -0.4 is 10.9 Å². The first-order chi connectivity index (χ1) is 11.4. The van der Waals surface area contributed by atoms with E-state index in [1.807, 2.05) is 45.9 Å². The van der Waals surface area contributed by atoms with Crippen LogP contribution in [-0.2, 0) is 11.3 Å². The molecule has 3 rings (SSSR count). The van der Waals surface area contributed by atoms with Gasteiger partial charge >= 0.3 is 0 Å². The fraction of sp³-hybridized carbons (Fsp3) is 0.278. The van der Waals surface area contributed by atoms with Crippen molar-refractivity contribution in [2.75, 3.05) is 5.32 Å². The quantitative estimate of drug-likeness (QED) is 0.795. The van der Waals surface area contributed by atoms with Gasteiger partial charge in [0.1, 0.15) is 11.4 Å². The minimum absolute atomic E-state index is 0.0521. The molecule has 0 aliphatic rings. The molecule has 3 aromatic rings. The first-order valence-electron chi connectivity index (χ1n) is 7.69. The summed E-state index contributed by atoms with van der Waals surface area (Å²) in [5.74, 6) is -0.239. The Morgan fingerprint density at radius 1 is 1.25 bits per heavy atom. The molecule has 0 saturated carbocycles. The molecule has 2 heterocycles. The molecule has 0 spiro atoms. The average Bonchev–Trinajstić information content (AvgIpc) is 2.81. The number of amides is 1. The van der Waals surface area contributed by atoms with E-state index in [9.17, 15) is 9.59 Å². The SMILES string of the molecule is Cc1ccc(C)c(NC(=O)Cn2cnc3sc(C)c(C)c3c2=O)c1. The standard InChI is InChI=1S/C18H19N3O2S/c1-10-5-6-11(2)14(7-10)20-15(22)8-21-9-19-17-16(18(21)23)12(3)13(4)24-17/h5-7,9H,8H2,1-4H3,(H,20,22). The minimum Gasteiger partial charge on any atom is -0.324 e. The van der Waals surface area contributed by atoms with Crippen LogP contribution in [-0.4, -0.2) is 15.5 Å². The van der Waals surface area contributed by atoms with Crippen molar-refractivity contribution in [3.05, 3.63) is 56.4 Å². The number of rotatable bonds is 3. The van der Waals surface area contributed by atoms with Gasteiger partial charge in [-0.05, 0) is 50.5 Å².